The molecule has 0 aromatic heterocycles. The van der Waals surface area contributed by atoms with Gasteiger partial charge in [-0.3, -0.25) is 20.4 Å². The lowest BCUT2D eigenvalue weighted by Gasteiger charge is -2.23. The van der Waals surface area contributed by atoms with Crippen LogP contribution in [0.15, 0.2) is 47.4 Å². The van der Waals surface area contributed by atoms with Crippen molar-refractivity contribution in [1.29, 1.82) is 0 Å². The second-order valence-electron chi connectivity index (χ2n) is 6.70. The number of hydrazine groups is 1. The van der Waals surface area contributed by atoms with Crippen molar-refractivity contribution in [1.82, 2.24) is 10.9 Å². The van der Waals surface area contributed by atoms with Gasteiger partial charge in [0.05, 0.1) is 31.8 Å². The van der Waals surface area contributed by atoms with Crippen molar-refractivity contribution in [2.75, 3.05) is 25.4 Å². The quantitative estimate of drug-likeness (QED) is 0.532. The Bertz CT molecular complexity index is 760. The Balaban J connectivity index is 1.36. The fourth-order valence-corrected chi connectivity index (χ4v) is 3.98. The number of hydrogen-bond acceptors (Lipinski definition) is 3. The number of rotatable bonds is 6. The van der Waals surface area contributed by atoms with Crippen LogP contribution in [0.2, 0.25) is 0 Å². The van der Waals surface area contributed by atoms with Crippen LogP contribution in [0.1, 0.15) is 25.7 Å². The van der Waals surface area contributed by atoms with E-state index in [2.05, 4.69) is 35.1 Å². The topological polar surface area (TPSA) is 62.6 Å². The molecule has 0 atom stereocenters. The third-order valence-corrected chi connectivity index (χ3v) is 5.69. The molecule has 0 radical (unpaired) electrons. The Kier molecular flexibility index (Phi) is 6.91. The van der Waals surface area contributed by atoms with Crippen LogP contribution in [-0.2, 0) is 9.59 Å². The van der Waals surface area contributed by atoms with Crippen LogP contribution in [0, 0.1) is 0 Å². The molecule has 5 nitrogen and oxygen atoms in total. The number of likely N-dealkylation sites (tertiary alicyclic amines) is 1. The maximum atomic E-state index is 11.9. The van der Waals surface area contributed by atoms with Crippen molar-refractivity contribution in [3.63, 3.8) is 0 Å². The van der Waals surface area contributed by atoms with E-state index < -0.39 is 0 Å². The van der Waals surface area contributed by atoms with Gasteiger partial charge in [-0.2, -0.15) is 0 Å². The largest absolute Gasteiger partial charge is 0.335 e. The van der Waals surface area contributed by atoms with Crippen molar-refractivity contribution in [3.05, 3.63) is 42.5 Å². The summed E-state index contributed by atoms with van der Waals surface area (Å²) in [6, 6.07) is 14.3. The lowest BCUT2D eigenvalue weighted by atomic mass is 10.1. The number of hydrogen-bond donors (Lipinski definition) is 3. The Labute approximate surface area is 158 Å². The lowest BCUT2D eigenvalue weighted by Crippen LogP contribution is -3.12. The SMILES string of the molecule is O=C(CC[NH+]1CCCCC1)NNC(=O)CSc1ccc2ccccc2c1. The highest BCUT2D eigenvalue weighted by atomic mass is 32.2. The summed E-state index contributed by atoms with van der Waals surface area (Å²) >= 11 is 1.46. The highest BCUT2D eigenvalue weighted by Gasteiger charge is 2.15. The molecule has 1 aliphatic rings. The van der Waals surface area contributed by atoms with Gasteiger partial charge in [0.15, 0.2) is 0 Å². The minimum absolute atomic E-state index is 0.118. The molecule has 3 N–H and O–H groups in total. The first-order valence-electron chi connectivity index (χ1n) is 9.23. The van der Waals surface area contributed by atoms with Gasteiger partial charge >= 0.3 is 0 Å². The monoisotopic (exact) mass is 372 g/mol. The van der Waals surface area contributed by atoms with Crippen molar-refractivity contribution >= 4 is 34.3 Å². The average molecular weight is 373 g/mol. The molecule has 6 heteroatoms. The number of amides is 2. The smallest absolute Gasteiger partial charge is 0.248 e. The average Bonchev–Trinajstić information content (AvgIpc) is 2.69. The Hall–Kier alpha value is -2.05. The van der Waals surface area contributed by atoms with Gasteiger partial charge < -0.3 is 4.90 Å². The predicted octanol–water partition coefficient (Wildman–Crippen LogP) is 1.54. The number of quaternary nitrogens is 1. The summed E-state index contributed by atoms with van der Waals surface area (Å²) in [5.41, 5.74) is 5.03. The third-order valence-electron chi connectivity index (χ3n) is 4.70. The van der Waals surface area contributed by atoms with Crippen LogP contribution < -0.4 is 15.8 Å². The third kappa shape index (κ3) is 5.75. The van der Waals surface area contributed by atoms with Crippen LogP contribution in [0.4, 0.5) is 0 Å². The number of fused-ring (bicyclic) bond motifs is 1. The van der Waals surface area contributed by atoms with E-state index in [0.717, 1.165) is 29.9 Å². The molecule has 2 amide bonds. The van der Waals surface area contributed by atoms with Gasteiger partial charge in [-0.1, -0.05) is 30.3 Å². The van der Waals surface area contributed by atoms with E-state index in [1.54, 1.807) is 0 Å². The molecule has 2 aromatic rings. The first kappa shape index (κ1) is 18.7. The second kappa shape index (κ2) is 9.59. The summed E-state index contributed by atoms with van der Waals surface area (Å²) in [6.45, 7) is 3.15. The van der Waals surface area contributed by atoms with E-state index in [-0.39, 0.29) is 17.6 Å². The summed E-state index contributed by atoms with van der Waals surface area (Å²) in [7, 11) is 0. The number of carbonyl (C=O) groups is 2. The lowest BCUT2D eigenvalue weighted by molar-refractivity contribution is -0.904. The molecule has 26 heavy (non-hydrogen) atoms. The molecule has 1 heterocycles. The predicted molar refractivity (Wildman–Crippen MR) is 105 cm³/mol. The van der Waals surface area contributed by atoms with Gasteiger partial charge in [-0.25, -0.2) is 0 Å². The number of thioether (sulfide) groups is 1. The molecule has 1 aliphatic heterocycles. The summed E-state index contributed by atoms with van der Waals surface area (Å²) in [5.74, 6) is -0.0373. The van der Waals surface area contributed by atoms with Crippen molar-refractivity contribution in [3.8, 4) is 0 Å². The van der Waals surface area contributed by atoms with Crippen molar-refractivity contribution in [2.45, 2.75) is 30.6 Å². The van der Waals surface area contributed by atoms with Crippen LogP contribution >= 0.6 is 11.8 Å². The Morgan fingerprint density at radius 1 is 0.923 bits per heavy atom. The molecule has 3 rings (SSSR count). The number of piperidine rings is 1. The molecule has 0 bridgehead atoms. The second-order valence-corrected chi connectivity index (χ2v) is 7.75. The first-order chi connectivity index (χ1) is 12.7. The van der Waals surface area contributed by atoms with E-state index in [1.807, 2.05) is 18.2 Å². The van der Waals surface area contributed by atoms with Crippen LogP contribution in [0.25, 0.3) is 10.8 Å². The molecule has 0 unspecified atom stereocenters. The molecule has 138 valence electrons. The van der Waals surface area contributed by atoms with Crippen LogP contribution in [-0.4, -0.2) is 37.2 Å². The van der Waals surface area contributed by atoms with E-state index in [1.165, 1.54) is 41.3 Å². The van der Waals surface area contributed by atoms with E-state index in [4.69, 9.17) is 0 Å². The van der Waals surface area contributed by atoms with Gasteiger partial charge in [-0.05, 0) is 42.2 Å². The molecule has 0 aliphatic carbocycles. The number of nitrogens with one attached hydrogen (secondary N) is 3. The molecule has 1 saturated heterocycles. The minimum atomic E-state index is -0.193. The van der Waals surface area contributed by atoms with Gasteiger partial charge in [0.25, 0.3) is 0 Å². The molecular formula is C20H26N3O2S+. The highest BCUT2D eigenvalue weighted by molar-refractivity contribution is 8.00. The molecular weight excluding hydrogens is 346 g/mol. The van der Waals surface area contributed by atoms with Gasteiger partial charge in [0.2, 0.25) is 11.8 Å². The summed E-state index contributed by atoms with van der Waals surface area (Å²) in [6.07, 6.45) is 4.26. The fourth-order valence-electron chi connectivity index (χ4n) is 3.24. The van der Waals surface area contributed by atoms with E-state index in [9.17, 15) is 9.59 Å². The molecule has 1 fully saturated rings. The molecule has 0 saturated carbocycles. The highest BCUT2D eigenvalue weighted by Crippen LogP contribution is 2.23. The summed E-state index contributed by atoms with van der Waals surface area (Å²) in [4.78, 5) is 26.3. The molecule has 0 spiro atoms. The zero-order valence-corrected chi connectivity index (χ0v) is 15.7. The van der Waals surface area contributed by atoms with Crippen molar-refractivity contribution in [2.24, 2.45) is 0 Å². The number of benzene rings is 2. The van der Waals surface area contributed by atoms with Gasteiger partial charge in [-0.15, -0.1) is 11.8 Å². The normalized spacial score (nSPS) is 14.9. The Morgan fingerprint density at radius 2 is 1.65 bits per heavy atom. The maximum Gasteiger partial charge on any atom is 0.248 e. The van der Waals surface area contributed by atoms with Crippen LogP contribution in [0.5, 0.6) is 0 Å². The zero-order chi connectivity index (χ0) is 18.2. The van der Waals surface area contributed by atoms with Gasteiger partial charge in [0.1, 0.15) is 0 Å². The van der Waals surface area contributed by atoms with E-state index in [0.29, 0.717) is 6.42 Å². The van der Waals surface area contributed by atoms with Crippen molar-refractivity contribution < 1.29 is 14.5 Å². The van der Waals surface area contributed by atoms with Gasteiger partial charge in [0, 0.05) is 4.90 Å². The van der Waals surface area contributed by atoms with Crippen LogP contribution in [0.3, 0.4) is 0 Å². The standard InChI is InChI=1S/C20H25N3O2S/c24-19(10-13-23-11-4-1-5-12-23)21-22-20(25)15-26-18-9-8-16-6-2-3-7-17(16)14-18/h2-3,6-9,14H,1,4-5,10-13,15H2,(H,21,24)(H,22,25)/p+1. The maximum absolute atomic E-state index is 11.9. The summed E-state index contributed by atoms with van der Waals surface area (Å²) in [5, 5.41) is 2.34. The minimum Gasteiger partial charge on any atom is -0.335 e. The first-order valence-corrected chi connectivity index (χ1v) is 10.2. The van der Waals surface area contributed by atoms with E-state index >= 15 is 0 Å². The zero-order valence-electron chi connectivity index (χ0n) is 14.9. The number of carbonyl (C=O) groups excluding carboxylic acids is 2. The Morgan fingerprint density at radius 3 is 2.46 bits per heavy atom. The molecule has 2 aromatic carbocycles. The fraction of sp³-hybridized carbons (Fsp3) is 0.400. The summed E-state index contributed by atoms with van der Waals surface area (Å²) < 4.78 is 0.